The maximum absolute atomic E-state index is 10.9. The van der Waals surface area contributed by atoms with Crippen molar-refractivity contribution in [3.05, 3.63) is 0 Å². The van der Waals surface area contributed by atoms with Crippen LogP contribution in [-0.2, 0) is 9.22 Å². The third kappa shape index (κ3) is 2.29. The second-order valence-electron chi connectivity index (χ2n) is 7.16. The zero-order valence-corrected chi connectivity index (χ0v) is 12.5. The van der Waals surface area contributed by atoms with Gasteiger partial charge in [-0.2, -0.15) is 0 Å². The summed E-state index contributed by atoms with van der Waals surface area (Å²) >= 11 is 0. The van der Waals surface area contributed by atoms with Gasteiger partial charge < -0.3 is 9.53 Å². The molecule has 0 spiro atoms. The summed E-state index contributed by atoms with van der Waals surface area (Å²) in [5.41, 5.74) is 0. The van der Waals surface area contributed by atoms with Crippen LogP contribution in [0.15, 0.2) is 0 Å². The molecular weight excluding hydrogens is 232 g/mol. The standard InChI is InChI=1S/C13H24O3Si/c1-13(2,3)17(4,5)16-8-6-9-10(7-8)11(9)12(14)15/h8-11H,6-7H2,1-5H3,(H,14,15)/t8?,9-,10+,11-. The Kier molecular flexibility index (Phi) is 2.94. The molecule has 17 heavy (non-hydrogen) atoms. The molecule has 0 aromatic heterocycles. The highest BCUT2D eigenvalue weighted by Gasteiger charge is 2.60. The number of hydrogen-bond acceptors (Lipinski definition) is 2. The molecule has 1 unspecified atom stereocenters. The predicted molar refractivity (Wildman–Crippen MR) is 69.4 cm³/mol. The minimum Gasteiger partial charge on any atom is -0.481 e. The summed E-state index contributed by atoms with van der Waals surface area (Å²) in [5.74, 6) is 0.143. The van der Waals surface area contributed by atoms with Crippen molar-refractivity contribution >= 4 is 14.3 Å². The largest absolute Gasteiger partial charge is 0.481 e. The molecule has 2 saturated carbocycles. The molecule has 0 amide bonds. The molecule has 2 fully saturated rings. The summed E-state index contributed by atoms with van der Waals surface area (Å²) in [4.78, 5) is 10.9. The van der Waals surface area contributed by atoms with Gasteiger partial charge in [0.25, 0.3) is 0 Å². The molecule has 0 bridgehead atoms. The van der Waals surface area contributed by atoms with E-state index in [1.165, 1.54) is 0 Å². The Morgan fingerprint density at radius 2 is 1.71 bits per heavy atom. The fourth-order valence-electron chi connectivity index (χ4n) is 2.85. The lowest BCUT2D eigenvalue weighted by molar-refractivity contribution is -0.139. The zero-order chi connectivity index (χ0) is 13.0. The van der Waals surface area contributed by atoms with Gasteiger partial charge in [0.2, 0.25) is 0 Å². The van der Waals surface area contributed by atoms with Crippen molar-refractivity contribution in [1.82, 2.24) is 0 Å². The molecule has 0 aromatic rings. The molecule has 4 heteroatoms. The van der Waals surface area contributed by atoms with Gasteiger partial charge in [0.15, 0.2) is 8.32 Å². The Balaban J connectivity index is 1.88. The van der Waals surface area contributed by atoms with E-state index in [0.29, 0.717) is 17.9 Å². The first kappa shape index (κ1) is 13.1. The van der Waals surface area contributed by atoms with E-state index in [1.54, 1.807) is 0 Å². The molecule has 0 aromatic carbocycles. The highest BCUT2D eigenvalue weighted by atomic mass is 28.4. The quantitative estimate of drug-likeness (QED) is 0.789. The van der Waals surface area contributed by atoms with Crippen molar-refractivity contribution in [1.29, 1.82) is 0 Å². The van der Waals surface area contributed by atoms with Gasteiger partial charge in [-0.3, -0.25) is 4.79 Å². The normalized spacial score (nSPS) is 36.8. The molecule has 98 valence electrons. The van der Waals surface area contributed by atoms with Crippen LogP contribution < -0.4 is 0 Å². The van der Waals surface area contributed by atoms with Gasteiger partial charge in [-0.05, 0) is 42.8 Å². The first-order chi connectivity index (χ1) is 7.63. The Bertz CT molecular complexity index is 320. The van der Waals surface area contributed by atoms with Crippen LogP contribution in [0, 0.1) is 17.8 Å². The van der Waals surface area contributed by atoms with Crippen LogP contribution in [0.4, 0.5) is 0 Å². The molecule has 4 atom stereocenters. The van der Waals surface area contributed by atoms with E-state index in [-0.39, 0.29) is 11.0 Å². The highest BCUT2D eigenvalue weighted by Crippen LogP contribution is 2.59. The minimum absolute atomic E-state index is 0.0609. The lowest BCUT2D eigenvalue weighted by atomic mass is 10.1. The van der Waals surface area contributed by atoms with Crippen LogP contribution in [0.3, 0.4) is 0 Å². The smallest absolute Gasteiger partial charge is 0.307 e. The highest BCUT2D eigenvalue weighted by molar-refractivity contribution is 6.74. The van der Waals surface area contributed by atoms with Crippen molar-refractivity contribution in [3.63, 3.8) is 0 Å². The van der Waals surface area contributed by atoms with E-state index in [9.17, 15) is 4.79 Å². The molecule has 0 radical (unpaired) electrons. The summed E-state index contributed by atoms with van der Waals surface area (Å²) in [6.45, 7) is 11.3. The summed E-state index contributed by atoms with van der Waals surface area (Å²) in [5, 5.41) is 9.22. The molecule has 1 N–H and O–H groups in total. The average molecular weight is 256 g/mol. The van der Waals surface area contributed by atoms with E-state index in [4.69, 9.17) is 9.53 Å². The van der Waals surface area contributed by atoms with Crippen LogP contribution >= 0.6 is 0 Å². The Hall–Kier alpha value is -0.353. The number of fused-ring (bicyclic) bond motifs is 1. The van der Waals surface area contributed by atoms with Crippen LogP contribution in [0.25, 0.3) is 0 Å². The second kappa shape index (κ2) is 3.82. The molecule has 2 aliphatic rings. The average Bonchev–Trinajstić information content (AvgIpc) is 2.62. The lowest BCUT2D eigenvalue weighted by Crippen LogP contribution is -2.43. The number of carboxylic acids is 1. The number of aliphatic carboxylic acids is 1. The molecule has 2 aliphatic carbocycles. The number of rotatable bonds is 3. The van der Waals surface area contributed by atoms with Gasteiger partial charge in [0.05, 0.1) is 5.92 Å². The van der Waals surface area contributed by atoms with Crippen LogP contribution in [0.2, 0.25) is 18.1 Å². The predicted octanol–water partition coefficient (Wildman–Crippen LogP) is 3.12. The Labute approximate surface area is 105 Å². The van der Waals surface area contributed by atoms with Gasteiger partial charge >= 0.3 is 5.97 Å². The van der Waals surface area contributed by atoms with Gasteiger partial charge in [-0.1, -0.05) is 20.8 Å². The molecular formula is C13H24O3Si. The summed E-state index contributed by atoms with van der Waals surface area (Å²) in [6, 6.07) is 0. The van der Waals surface area contributed by atoms with Gasteiger partial charge in [0.1, 0.15) is 0 Å². The molecule has 0 saturated heterocycles. The fourth-order valence-corrected chi connectivity index (χ4v) is 4.23. The van der Waals surface area contributed by atoms with E-state index >= 15 is 0 Å². The van der Waals surface area contributed by atoms with E-state index < -0.39 is 14.3 Å². The van der Waals surface area contributed by atoms with Crippen molar-refractivity contribution in [2.24, 2.45) is 17.8 Å². The zero-order valence-electron chi connectivity index (χ0n) is 11.5. The van der Waals surface area contributed by atoms with E-state index in [0.717, 1.165) is 12.8 Å². The SMILES string of the molecule is CC(C)(C)[Si](C)(C)OC1C[C@@H]2[C@H](C1)[C@@H]2C(=O)O. The number of carbonyl (C=O) groups is 1. The molecule has 3 nitrogen and oxygen atoms in total. The van der Waals surface area contributed by atoms with Crippen molar-refractivity contribution in [2.75, 3.05) is 0 Å². The van der Waals surface area contributed by atoms with Crippen molar-refractivity contribution in [3.8, 4) is 0 Å². The van der Waals surface area contributed by atoms with Gasteiger partial charge in [-0.25, -0.2) is 0 Å². The number of carboxylic acid groups (broad SMARTS) is 1. The first-order valence-corrected chi connectivity index (χ1v) is 9.45. The maximum atomic E-state index is 10.9. The topological polar surface area (TPSA) is 46.5 Å². The fraction of sp³-hybridized carbons (Fsp3) is 0.923. The monoisotopic (exact) mass is 256 g/mol. The van der Waals surface area contributed by atoms with Crippen LogP contribution in [0.1, 0.15) is 33.6 Å². The van der Waals surface area contributed by atoms with Gasteiger partial charge in [0, 0.05) is 6.10 Å². The summed E-state index contributed by atoms with van der Waals surface area (Å²) in [6.07, 6.45) is 2.25. The number of hydrogen-bond donors (Lipinski definition) is 1. The molecule has 2 rings (SSSR count). The summed E-state index contributed by atoms with van der Waals surface area (Å²) in [7, 11) is -1.68. The van der Waals surface area contributed by atoms with Crippen LogP contribution in [-0.4, -0.2) is 25.5 Å². The van der Waals surface area contributed by atoms with Crippen LogP contribution in [0.5, 0.6) is 0 Å². The van der Waals surface area contributed by atoms with E-state index in [1.807, 2.05) is 0 Å². The summed E-state index contributed by atoms with van der Waals surface area (Å²) < 4.78 is 6.34. The van der Waals surface area contributed by atoms with Gasteiger partial charge in [-0.15, -0.1) is 0 Å². The molecule has 0 heterocycles. The minimum atomic E-state index is -1.68. The van der Waals surface area contributed by atoms with E-state index in [2.05, 4.69) is 33.9 Å². The Morgan fingerprint density at radius 3 is 2.06 bits per heavy atom. The molecule has 0 aliphatic heterocycles. The Morgan fingerprint density at radius 1 is 1.24 bits per heavy atom. The van der Waals surface area contributed by atoms with Crippen molar-refractivity contribution < 1.29 is 14.3 Å². The van der Waals surface area contributed by atoms with Crippen molar-refractivity contribution in [2.45, 2.75) is 57.8 Å². The second-order valence-corrected chi connectivity index (χ2v) is 11.9. The third-order valence-corrected chi connectivity index (χ3v) is 9.49. The lowest BCUT2D eigenvalue weighted by Gasteiger charge is -2.38. The first-order valence-electron chi connectivity index (χ1n) is 6.54. The third-order valence-electron chi connectivity index (χ3n) is 4.95. The maximum Gasteiger partial charge on any atom is 0.307 e.